The third-order valence-electron chi connectivity index (χ3n) is 6.68. The Hall–Kier alpha value is -1.24. The van der Waals surface area contributed by atoms with Gasteiger partial charge in [0, 0.05) is 13.0 Å². The molecule has 0 heterocycles. The van der Waals surface area contributed by atoms with Crippen molar-refractivity contribution in [2.45, 2.75) is 62.2 Å². The molecule has 0 aliphatic heterocycles. The summed E-state index contributed by atoms with van der Waals surface area (Å²) in [6.07, 6.45) is 3.83. The molecule has 184 valence electrons. The van der Waals surface area contributed by atoms with E-state index in [0.717, 1.165) is 37.5 Å². The lowest BCUT2D eigenvalue weighted by molar-refractivity contribution is -0.184. The molecule has 32 heavy (non-hydrogen) atoms. The molecule has 12 heteroatoms. The number of alkyl halides is 4. The van der Waals surface area contributed by atoms with Gasteiger partial charge in [-0.2, -0.15) is 26.0 Å². The number of carbonyl (C=O) groups excluding carboxylic acids is 1. The van der Waals surface area contributed by atoms with Crippen LogP contribution >= 0.6 is 0 Å². The van der Waals surface area contributed by atoms with Crippen LogP contribution in [-0.2, 0) is 29.1 Å². The quantitative estimate of drug-likeness (QED) is 0.111. The van der Waals surface area contributed by atoms with Crippen LogP contribution in [-0.4, -0.2) is 56.2 Å². The van der Waals surface area contributed by atoms with Crippen LogP contribution in [0.4, 0.5) is 17.6 Å². The Balaban J connectivity index is 1.30. The normalized spacial score (nSPS) is 29.8. The second-order valence-electron chi connectivity index (χ2n) is 9.07. The van der Waals surface area contributed by atoms with Gasteiger partial charge in [0.25, 0.3) is 0 Å². The van der Waals surface area contributed by atoms with Crippen molar-refractivity contribution in [1.29, 1.82) is 0 Å². The molecule has 0 saturated heterocycles. The van der Waals surface area contributed by atoms with Crippen molar-refractivity contribution < 1.29 is 49.5 Å². The van der Waals surface area contributed by atoms with Gasteiger partial charge >= 0.3 is 27.3 Å². The standard InChI is InChI=1S/C20H28F4O7S/c1-12(10-29-4-2-3-19(21,22)20(23,24)32(26,27)28)18(25)31-11-30-17-15-6-13-5-14(8-15)9-16(17)7-13/h13-17H,1-11H2,(H,26,27,28). The maximum absolute atomic E-state index is 13.4. The third kappa shape index (κ3) is 5.45. The van der Waals surface area contributed by atoms with Crippen LogP contribution in [0, 0.1) is 23.7 Å². The van der Waals surface area contributed by atoms with E-state index in [9.17, 15) is 30.8 Å². The van der Waals surface area contributed by atoms with Crippen LogP contribution in [0.25, 0.3) is 0 Å². The SMILES string of the molecule is C=C(COCCCC(F)(F)C(F)(F)S(=O)(=O)O)C(=O)OCOC1C2CC3CC(C2)CC1C3. The van der Waals surface area contributed by atoms with E-state index in [-0.39, 0.29) is 25.1 Å². The Labute approximate surface area is 184 Å². The Morgan fingerprint density at radius 1 is 1.03 bits per heavy atom. The van der Waals surface area contributed by atoms with Gasteiger partial charge in [-0.25, -0.2) is 4.79 Å². The first-order valence-electron chi connectivity index (χ1n) is 10.6. The van der Waals surface area contributed by atoms with Crippen LogP contribution in [0.15, 0.2) is 12.2 Å². The molecular weight excluding hydrogens is 460 g/mol. The summed E-state index contributed by atoms with van der Waals surface area (Å²) < 4.78 is 97.9. The molecule has 0 aromatic heterocycles. The van der Waals surface area contributed by atoms with E-state index in [2.05, 4.69) is 6.58 Å². The average Bonchev–Trinajstić information content (AvgIpc) is 2.67. The van der Waals surface area contributed by atoms with Crippen molar-refractivity contribution in [2.24, 2.45) is 23.7 Å². The number of rotatable bonds is 12. The number of halogens is 4. The summed E-state index contributed by atoms with van der Waals surface area (Å²) in [5.74, 6) is -3.18. The smallest absolute Gasteiger partial charge is 0.431 e. The molecular formula is C20H28F4O7S. The first-order valence-corrected chi connectivity index (χ1v) is 12.0. The zero-order valence-electron chi connectivity index (χ0n) is 17.5. The van der Waals surface area contributed by atoms with Gasteiger partial charge in [0.05, 0.1) is 18.3 Å². The predicted molar refractivity (Wildman–Crippen MR) is 104 cm³/mol. The minimum absolute atomic E-state index is 0.0858. The zero-order valence-corrected chi connectivity index (χ0v) is 18.3. The molecule has 0 atom stereocenters. The fourth-order valence-corrected chi connectivity index (χ4v) is 5.88. The molecule has 7 nitrogen and oxygen atoms in total. The third-order valence-corrected chi connectivity index (χ3v) is 7.63. The van der Waals surface area contributed by atoms with E-state index < -0.39 is 46.7 Å². The summed E-state index contributed by atoms with van der Waals surface area (Å²) in [5, 5.41) is -5.61. The zero-order chi connectivity index (χ0) is 23.7. The predicted octanol–water partition coefficient (Wildman–Crippen LogP) is 3.80. The highest BCUT2D eigenvalue weighted by molar-refractivity contribution is 7.87. The average molecular weight is 488 g/mol. The monoisotopic (exact) mass is 488 g/mol. The van der Waals surface area contributed by atoms with Crippen LogP contribution in [0.1, 0.15) is 44.9 Å². The Morgan fingerprint density at radius 3 is 2.12 bits per heavy atom. The summed E-state index contributed by atoms with van der Waals surface area (Å²) in [6.45, 7) is 2.41. The van der Waals surface area contributed by atoms with E-state index in [0.29, 0.717) is 11.8 Å². The van der Waals surface area contributed by atoms with Crippen LogP contribution < -0.4 is 0 Å². The number of carbonyl (C=O) groups is 1. The Kier molecular flexibility index (Phi) is 7.58. The van der Waals surface area contributed by atoms with Gasteiger partial charge in [-0.3, -0.25) is 4.55 Å². The fourth-order valence-electron chi connectivity index (χ4n) is 5.40. The maximum atomic E-state index is 13.4. The highest BCUT2D eigenvalue weighted by Gasteiger charge is 2.64. The summed E-state index contributed by atoms with van der Waals surface area (Å²) in [7, 11) is -6.26. The van der Waals surface area contributed by atoms with Crippen LogP contribution in [0.3, 0.4) is 0 Å². The number of ether oxygens (including phenoxy) is 3. The van der Waals surface area contributed by atoms with Gasteiger partial charge in [0.15, 0.2) is 6.79 Å². The first kappa shape index (κ1) is 25.4. The van der Waals surface area contributed by atoms with Gasteiger partial charge in [-0.15, -0.1) is 0 Å². The molecule has 4 saturated carbocycles. The molecule has 4 aliphatic carbocycles. The van der Waals surface area contributed by atoms with E-state index in [4.69, 9.17) is 18.8 Å². The Bertz CT molecular complexity index is 787. The molecule has 0 aromatic rings. The molecule has 4 bridgehead atoms. The molecule has 4 aliphatic rings. The highest BCUT2D eigenvalue weighted by Crippen LogP contribution is 2.54. The summed E-state index contributed by atoms with van der Waals surface area (Å²) in [6, 6.07) is 0. The van der Waals surface area contributed by atoms with Crippen molar-refractivity contribution >= 4 is 16.1 Å². The van der Waals surface area contributed by atoms with Crippen LogP contribution in [0.2, 0.25) is 0 Å². The molecule has 0 radical (unpaired) electrons. The van der Waals surface area contributed by atoms with Crippen molar-refractivity contribution in [3.8, 4) is 0 Å². The first-order chi connectivity index (χ1) is 14.8. The lowest BCUT2D eigenvalue weighted by Gasteiger charge is -2.53. The molecule has 0 unspecified atom stereocenters. The molecule has 0 aromatic carbocycles. The van der Waals surface area contributed by atoms with E-state index in [1.807, 2.05) is 0 Å². The number of hydrogen-bond donors (Lipinski definition) is 1. The molecule has 1 N–H and O–H groups in total. The van der Waals surface area contributed by atoms with Gasteiger partial charge in [-0.1, -0.05) is 6.58 Å². The van der Waals surface area contributed by atoms with E-state index in [1.54, 1.807) is 0 Å². The molecule has 0 spiro atoms. The fraction of sp³-hybridized carbons (Fsp3) is 0.850. The summed E-state index contributed by atoms with van der Waals surface area (Å²) in [4.78, 5) is 12.0. The Morgan fingerprint density at radius 2 is 1.59 bits per heavy atom. The van der Waals surface area contributed by atoms with Gasteiger partial charge in [0.1, 0.15) is 0 Å². The van der Waals surface area contributed by atoms with E-state index in [1.165, 1.54) is 6.42 Å². The van der Waals surface area contributed by atoms with Crippen LogP contribution in [0.5, 0.6) is 0 Å². The molecule has 4 fully saturated rings. The molecule has 0 amide bonds. The topological polar surface area (TPSA) is 99.1 Å². The number of hydrogen-bond acceptors (Lipinski definition) is 6. The highest BCUT2D eigenvalue weighted by atomic mass is 32.2. The largest absolute Gasteiger partial charge is 0.435 e. The van der Waals surface area contributed by atoms with E-state index >= 15 is 0 Å². The lowest BCUT2D eigenvalue weighted by atomic mass is 9.55. The summed E-state index contributed by atoms with van der Waals surface area (Å²) in [5.41, 5.74) is -0.103. The van der Waals surface area contributed by atoms with Crippen molar-refractivity contribution in [3.63, 3.8) is 0 Å². The minimum atomic E-state index is -6.26. The van der Waals surface area contributed by atoms with Gasteiger partial charge in [0.2, 0.25) is 0 Å². The van der Waals surface area contributed by atoms with Crippen molar-refractivity contribution in [3.05, 3.63) is 12.2 Å². The van der Waals surface area contributed by atoms with Crippen molar-refractivity contribution in [1.82, 2.24) is 0 Å². The van der Waals surface area contributed by atoms with Crippen molar-refractivity contribution in [2.75, 3.05) is 20.0 Å². The summed E-state index contributed by atoms with van der Waals surface area (Å²) >= 11 is 0. The molecule has 4 rings (SSSR count). The lowest BCUT2D eigenvalue weighted by Crippen LogP contribution is -2.49. The second kappa shape index (κ2) is 9.55. The van der Waals surface area contributed by atoms with Gasteiger partial charge < -0.3 is 14.2 Å². The minimum Gasteiger partial charge on any atom is -0.435 e. The van der Waals surface area contributed by atoms with Gasteiger partial charge in [-0.05, 0) is 62.2 Å². The second-order valence-corrected chi connectivity index (χ2v) is 10.5. The maximum Gasteiger partial charge on any atom is 0.431 e. The number of esters is 1.